The second kappa shape index (κ2) is 8.82. The molecular weight excluding hydrogens is 323 g/mol. The average Bonchev–Trinajstić information content (AvgIpc) is 2.53. The monoisotopic (exact) mass is 344 g/mol. The highest BCUT2D eigenvalue weighted by Gasteiger charge is 2.08. The molecule has 0 fully saturated rings. The van der Waals surface area contributed by atoms with E-state index in [4.69, 9.17) is 4.74 Å². The Labute approximate surface area is 146 Å². The van der Waals surface area contributed by atoms with Gasteiger partial charge in [-0.3, -0.25) is 10.1 Å². The van der Waals surface area contributed by atoms with Crippen LogP contribution in [0.15, 0.2) is 48.5 Å². The molecule has 6 heteroatoms. The number of ether oxygens (including phenoxy) is 1. The Morgan fingerprint density at radius 1 is 1.04 bits per heavy atom. The predicted molar refractivity (Wildman–Crippen MR) is 95.0 cm³/mol. The van der Waals surface area contributed by atoms with Gasteiger partial charge < -0.3 is 10.1 Å². The molecule has 0 radical (unpaired) electrons. The summed E-state index contributed by atoms with van der Waals surface area (Å²) in [7, 11) is 0. The van der Waals surface area contributed by atoms with Gasteiger partial charge >= 0.3 is 6.09 Å². The summed E-state index contributed by atoms with van der Waals surface area (Å²) in [6, 6.07) is 12.6. The minimum Gasteiger partial charge on any atom is -0.449 e. The molecule has 0 spiro atoms. The molecule has 2 N–H and O–H groups in total. The van der Waals surface area contributed by atoms with Crippen LogP contribution < -0.4 is 10.6 Å². The fourth-order valence-electron chi connectivity index (χ4n) is 2.11. The van der Waals surface area contributed by atoms with Crippen molar-refractivity contribution in [3.8, 4) is 0 Å². The first-order chi connectivity index (χ1) is 11.9. The van der Waals surface area contributed by atoms with Crippen molar-refractivity contribution < 1.29 is 18.7 Å². The number of hydrogen-bond acceptors (Lipinski definition) is 3. The standard InChI is InChI=1S/C19H21FN2O3/c1-13(2)12-25-19(24)22-17-8-4-7-16(11-17)21-18(23)10-14-5-3-6-15(20)9-14/h3-9,11,13H,10,12H2,1-2H3,(H,21,23)(H,22,24). The molecule has 2 amide bonds. The number of carbonyl (C=O) groups excluding carboxylic acids is 2. The van der Waals surface area contributed by atoms with Crippen molar-refractivity contribution >= 4 is 23.4 Å². The lowest BCUT2D eigenvalue weighted by molar-refractivity contribution is -0.115. The molecule has 2 aromatic rings. The van der Waals surface area contributed by atoms with Gasteiger partial charge in [-0.1, -0.05) is 32.0 Å². The van der Waals surface area contributed by atoms with Gasteiger partial charge in [0, 0.05) is 11.4 Å². The van der Waals surface area contributed by atoms with Gasteiger partial charge in [0.05, 0.1) is 13.0 Å². The third-order valence-electron chi connectivity index (χ3n) is 3.19. The van der Waals surface area contributed by atoms with Crippen molar-refractivity contribution in [3.05, 3.63) is 59.9 Å². The second-order valence-corrected chi connectivity index (χ2v) is 6.05. The van der Waals surface area contributed by atoms with Crippen molar-refractivity contribution in [1.82, 2.24) is 0 Å². The third-order valence-corrected chi connectivity index (χ3v) is 3.19. The summed E-state index contributed by atoms with van der Waals surface area (Å²) in [5.41, 5.74) is 1.63. The topological polar surface area (TPSA) is 67.4 Å². The summed E-state index contributed by atoms with van der Waals surface area (Å²) >= 11 is 0. The molecule has 0 saturated carbocycles. The van der Waals surface area contributed by atoms with Gasteiger partial charge in [0.15, 0.2) is 0 Å². The lowest BCUT2D eigenvalue weighted by atomic mass is 10.1. The van der Waals surface area contributed by atoms with Crippen LogP contribution in [-0.4, -0.2) is 18.6 Å². The molecule has 0 unspecified atom stereocenters. The molecule has 0 aromatic heterocycles. The highest BCUT2D eigenvalue weighted by Crippen LogP contribution is 2.16. The molecule has 5 nitrogen and oxygen atoms in total. The third kappa shape index (κ3) is 6.63. The Balaban J connectivity index is 1.92. The van der Waals surface area contributed by atoms with Gasteiger partial charge in [0.2, 0.25) is 5.91 Å². The molecule has 2 rings (SSSR count). The van der Waals surface area contributed by atoms with E-state index < -0.39 is 6.09 Å². The van der Waals surface area contributed by atoms with Crippen LogP contribution in [0.2, 0.25) is 0 Å². The number of nitrogens with one attached hydrogen (secondary N) is 2. The first-order valence-electron chi connectivity index (χ1n) is 8.00. The van der Waals surface area contributed by atoms with Gasteiger partial charge in [-0.2, -0.15) is 0 Å². The Bertz CT molecular complexity index is 747. The van der Waals surface area contributed by atoms with E-state index in [1.807, 2.05) is 13.8 Å². The molecule has 0 bridgehead atoms. The summed E-state index contributed by atoms with van der Waals surface area (Å²) in [5, 5.41) is 5.33. The Morgan fingerprint density at radius 3 is 2.40 bits per heavy atom. The zero-order valence-corrected chi connectivity index (χ0v) is 14.2. The van der Waals surface area contributed by atoms with Crippen LogP contribution in [-0.2, 0) is 16.0 Å². The summed E-state index contributed by atoms with van der Waals surface area (Å²) in [5.74, 6) is -0.402. The van der Waals surface area contributed by atoms with E-state index in [9.17, 15) is 14.0 Å². The van der Waals surface area contributed by atoms with Crippen molar-refractivity contribution in [2.75, 3.05) is 17.2 Å². The largest absolute Gasteiger partial charge is 0.449 e. The minimum absolute atomic E-state index is 0.0614. The quantitative estimate of drug-likeness (QED) is 0.825. The molecule has 2 aromatic carbocycles. The van der Waals surface area contributed by atoms with E-state index >= 15 is 0 Å². The Hall–Kier alpha value is -2.89. The molecule has 0 heterocycles. The molecule has 132 valence electrons. The molecular formula is C19H21FN2O3. The fraction of sp³-hybridized carbons (Fsp3) is 0.263. The van der Waals surface area contributed by atoms with Crippen molar-refractivity contribution in [1.29, 1.82) is 0 Å². The molecule has 0 saturated heterocycles. The van der Waals surface area contributed by atoms with E-state index in [1.54, 1.807) is 36.4 Å². The number of hydrogen-bond donors (Lipinski definition) is 2. The first kappa shape index (κ1) is 18.4. The van der Waals surface area contributed by atoms with Crippen molar-refractivity contribution in [3.63, 3.8) is 0 Å². The Kier molecular flexibility index (Phi) is 6.51. The average molecular weight is 344 g/mol. The predicted octanol–water partition coefficient (Wildman–Crippen LogP) is 4.21. The van der Waals surface area contributed by atoms with E-state index in [2.05, 4.69) is 10.6 Å². The van der Waals surface area contributed by atoms with Crippen LogP contribution in [0.4, 0.5) is 20.6 Å². The zero-order chi connectivity index (χ0) is 18.2. The van der Waals surface area contributed by atoms with Crippen LogP contribution in [0.1, 0.15) is 19.4 Å². The lowest BCUT2D eigenvalue weighted by Gasteiger charge is -2.10. The summed E-state index contributed by atoms with van der Waals surface area (Å²) < 4.78 is 18.2. The van der Waals surface area contributed by atoms with Crippen molar-refractivity contribution in [2.24, 2.45) is 5.92 Å². The van der Waals surface area contributed by atoms with Crippen LogP contribution in [0, 0.1) is 11.7 Å². The van der Waals surface area contributed by atoms with E-state index in [0.29, 0.717) is 23.5 Å². The van der Waals surface area contributed by atoms with Crippen LogP contribution in [0.3, 0.4) is 0 Å². The second-order valence-electron chi connectivity index (χ2n) is 6.05. The number of anilines is 2. The van der Waals surface area contributed by atoms with E-state index in [1.165, 1.54) is 12.1 Å². The maximum Gasteiger partial charge on any atom is 0.411 e. The highest BCUT2D eigenvalue weighted by molar-refractivity contribution is 5.93. The molecule has 0 aliphatic heterocycles. The minimum atomic E-state index is -0.545. The first-order valence-corrected chi connectivity index (χ1v) is 8.00. The number of halogens is 1. The van der Waals surface area contributed by atoms with Gasteiger partial charge in [0.1, 0.15) is 5.82 Å². The highest BCUT2D eigenvalue weighted by atomic mass is 19.1. The van der Waals surface area contributed by atoms with Crippen LogP contribution >= 0.6 is 0 Å². The molecule has 0 aliphatic carbocycles. The van der Waals surface area contributed by atoms with Crippen LogP contribution in [0.25, 0.3) is 0 Å². The van der Waals surface area contributed by atoms with Crippen molar-refractivity contribution in [2.45, 2.75) is 20.3 Å². The number of rotatable bonds is 6. The van der Waals surface area contributed by atoms with Gasteiger partial charge in [-0.15, -0.1) is 0 Å². The normalized spacial score (nSPS) is 10.4. The lowest BCUT2D eigenvalue weighted by Crippen LogP contribution is -2.17. The fourth-order valence-corrected chi connectivity index (χ4v) is 2.11. The summed E-state index contributed by atoms with van der Waals surface area (Å²) in [4.78, 5) is 23.7. The maximum absolute atomic E-state index is 13.1. The van der Waals surface area contributed by atoms with Gasteiger partial charge in [-0.05, 0) is 41.8 Å². The SMILES string of the molecule is CC(C)COC(=O)Nc1cccc(NC(=O)Cc2cccc(F)c2)c1. The molecule has 25 heavy (non-hydrogen) atoms. The zero-order valence-electron chi connectivity index (χ0n) is 14.2. The smallest absolute Gasteiger partial charge is 0.411 e. The Morgan fingerprint density at radius 2 is 1.72 bits per heavy atom. The van der Waals surface area contributed by atoms with E-state index in [-0.39, 0.29) is 24.1 Å². The summed E-state index contributed by atoms with van der Waals surface area (Å²) in [6.07, 6.45) is -0.483. The molecule has 0 aliphatic rings. The summed E-state index contributed by atoms with van der Waals surface area (Å²) in [6.45, 7) is 4.22. The maximum atomic E-state index is 13.1. The van der Waals surface area contributed by atoms with Gasteiger partial charge in [0.25, 0.3) is 0 Å². The molecule has 0 atom stereocenters. The number of amides is 2. The number of carbonyl (C=O) groups is 2. The van der Waals surface area contributed by atoms with E-state index in [0.717, 1.165) is 0 Å². The number of benzene rings is 2. The van der Waals surface area contributed by atoms with Crippen LogP contribution in [0.5, 0.6) is 0 Å². The van der Waals surface area contributed by atoms with Gasteiger partial charge in [-0.25, -0.2) is 9.18 Å².